The summed E-state index contributed by atoms with van der Waals surface area (Å²) in [6.07, 6.45) is 6.80. The summed E-state index contributed by atoms with van der Waals surface area (Å²) < 4.78 is 0. The average Bonchev–Trinajstić information content (AvgIpc) is 2.15. The van der Waals surface area contributed by atoms with Crippen molar-refractivity contribution in [2.45, 2.75) is 25.3 Å². The molecule has 0 amide bonds. The van der Waals surface area contributed by atoms with Gasteiger partial charge in [0.2, 0.25) is 0 Å². The van der Waals surface area contributed by atoms with E-state index in [1.807, 2.05) is 0 Å². The Morgan fingerprint density at radius 3 is 2.93 bits per heavy atom. The molecule has 1 heterocycles. The van der Waals surface area contributed by atoms with E-state index in [4.69, 9.17) is 0 Å². The molecule has 0 radical (unpaired) electrons. The van der Waals surface area contributed by atoms with E-state index in [1.54, 1.807) is 12.4 Å². The highest BCUT2D eigenvalue weighted by molar-refractivity contribution is 9.09. The molecule has 0 spiro atoms. The standard InChI is InChI=1S/C10H14BrN3O/c11-4-7-14(8-2-1-3-8)9-10(15)13-6-5-12-9/h5-6,8H,1-4,7H2,(H,13,15). The molecule has 1 aromatic rings. The first kappa shape index (κ1) is 10.7. The lowest BCUT2D eigenvalue weighted by Gasteiger charge is -2.37. The molecule has 5 heteroatoms. The second-order valence-electron chi connectivity index (χ2n) is 3.71. The number of alkyl halides is 1. The molecule has 0 aromatic carbocycles. The molecule has 1 aromatic heterocycles. The Morgan fingerprint density at radius 2 is 2.40 bits per heavy atom. The van der Waals surface area contributed by atoms with Crippen molar-refractivity contribution in [3.8, 4) is 0 Å². The lowest BCUT2D eigenvalue weighted by Crippen LogP contribution is -2.44. The van der Waals surface area contributed by atoms with Crippen molar-refractivity contribution in [2.75, 3.05) is 16.8 Å². The smallest absolute Gasteiger partial charge is 0.290 e. The Balaban J connectivity index is 2.23. The molecule has 1 aliphatic carbocycles. The van der Waals surface area contributed by atoms with Gasteiger partial charge in [0.05, 0.1) is 0 Å². The van der Waals surface area contributed by atoms with Gasteiger partial charge in [0, 0.05) is 30.3 Å². The second-order valence-corrected chi connectivity index (χ2v) is 4.50. The molecule has 1 aliphatic rings. The Bertz CT molecular complexity index is 375. The van der Waals surface area contributed by atoms with Gasteiger partial charge in [0.1, 0.15) is 0 Å². The van der Waals surface area contributed by atoms with Crippen molar-refractivity contribution in [1.82, 2.24) is 9.97 Å². The third-order valence-corrected chi connectivity index (χ3v) is 3.16. The van der Waals surface area contributed by atoms with Crippen molar-refractivity contribution in [1.29, 1.82) is 0 Å². The number of nitrogens with one attached hydrogen (secondary N) is 1. The van der Waals surface area contributed by atoms with Crippen molar-refractivity contribution in [3.05, 3.63) is 22.7 Å². The number of hydrogen-bond acceptors (Lipinski definition) is 3. The van der Waals surface area contributed by atoms with Gasteiger partial charge in [-0.2, -0.15) is 0 Å². The fraction of sp³-hybridized carbons (Fsp3) is 0.600. The van der Waals surface area contributed by atoms with Crippen LogP contribution in [0.1, 0.15) is 19.3 Å². The lowest BCUT2D eigenvalue weighted by molar-refractivity contribution is 0.388. The maximum Gasteiger partial charge on any atom is 0.290 e. The topological polar surface area (TPSA) is 49.0 Å². The SMILES string of the molecule is O=c1[nH]ccnc1N(CCBr)C1CCC1. The van der Waals surface area contributed by atoms with Crippen LogP contribution in [0.5, 0.6) is 0 Å². The van der Waals surface area contributed by atoms with Gasteiger partial charge in [-0.05, 0) is 19.3 Å². The third-order valence-electron chi connectivity index (χ3n) is 2.80. The quantitative estimate of drug-likeness (QED) is 0.845. The molecule has 0 aliphatic heterocycles. The van der Waals surface area contributed by atoms with Crippen LogP contribution < -0.4 is 10.5 Å². The van der Waals surface area contributed by atoms with Crippen LogP contribution in [0.4, 0.5) is 5.82 Å². The van der Waals surface area contributed by atoms with Gasteiger partial charge in [-0.3, -0.25) is 4.79 Å². The molecule has 1 fully saturated rings. The van der Waals surface area contributed by atoms with E-state index >= 15 is 0 Å². The average molecular weight is 272 g/mol. The molecule has 2 rings (SSSR count). The first-order valence-electron chi connectivity index (χ1n) is 5.19. The van der Waals surface area contributed by atoms with E-state index in [0.29, 0.717) is 11.9 Å². The summed E-state index contributed by atoms with van der Waals surface area (Å²) in [5.74, 6) is 0.557. The first-order chi connectivity index (χ1) is 7.33. The Hall–Kier alpha value is -0.840. The van der Waals surface area contributed by atoms with E-state index in [9.17, 15) is 4.79 Å². The molecule has 0 saturated heterocycles. The zero-order chi connectivity index (χ0) is 10.7. The monoisotopic (exact) mass is 271 g/mol. The van der Waals surface area contributed by atoms with E-state index in [2.05, 4.69) is 30.8 Å². The molecule has 0 bridgehead atoms. The Labute approximate surface area is 96.8 Å². The zero-order valence-corrected chi connectivity index (χ0v) is 10.0. The maximum atomic E-state index is 11.6. The van der Waals surface area contributed by atoms with E-state index < -0.39 is 0 Å². The van der Waals surface area contributed by atoms with Crippen molar-refractivity contribution in [2.24, 2.45) is 0 Å². The van der Waals surface area contributed by atoms with Crippen LogP contribution >= 0.6 is 15.9 Å². The molecule has 1 N–H and O–H groups in total. The molecule has 82 valence electrons. The number of halogens is 1. The predicted octanol–water partition coefficient (Wildman–Crippen LogP) is 1.52. The largest absolute Gasteiger partial charge is 0.348 e. The van der Waals surface area contributed by atoms with E-state index in [-0.39, 0.29) is 5.56 Å². The Kier molecular flexibility index (Phi) is 3.41. The van der Waals surface area contributed by atoms with Gasteiger partial charge in [0.25, 0.3) is 5.56 Å². The summed E-state index contributed by atoms with van der Waals surface area (Å²) in [7, 11) is 0. The van der Waals surface area contributed by atoms with Crippen LogP contribution in [-0.4, -0.2) is 27.9 Å². The predicted molar refractivity (Wildman–Crippen MR) is 63.6 cm³/mol. The number of nitrogens with zero attached hydrogens (tertiary/aromatic N) is 2. The summed E-state index contributed by atoms with van der Waals surface area (Å²) in [5, 5.41) is 0.861. The summed E-state index contributed by atoms with van der Waals surface area (Å²) in [6.45, 7) is 0.838. The van der Waals surface area contributed by atoms with Crippen LogP contribution in [0.2, 0.25) is 0 Å². The summed E-state index contributed by atoms with van der Waals surface area (Å²) >= 11 is 3.41. The van der Waals surface area contributed by atoms with Gasteiger partial charge in [0.15, 0.2) is 5.82 Å². The summed E-state index contributed by atoms with van der Waals surface area (Å²) in [6, 6.07) is 0.499. The van der Waals surface area contributed by atoms with E-state index in [0.717, 1.165) is 11.9 Å². The molecule has 1 saturated carbocycles. The molecule has 0 unspecified atom stereocenters. The summed E-state index contributed by atoms with van der Waals surface area (Å²) in [4.78, 5) is 20.5. The minimum Gasteiger partial charge on any atom is -0.348 e. The van der Waals surface area contributed by atoms with Gasteiger partial charge in [-0.25, -0.2) is 4.98 Å². The van der Waals surface area contributed by atoms with Gasteiger partial charge < -0.3 is 9.88 Å². The minimum atomic E-state index is -0.0923. The first-order valence-corrected chi connectivity index (χ1v) is 6.31. The maximum absolute atomic E-state index is 11.6. The summed E-state index contributed by atoms with van der Waals surface area (Å²) in [5.41, 5.74) is -0.0923. The van der Waals surface area contributed by atoms with Crippen molar-refractivity contribution in [3.63, 3.8) is 0 Å². The van der Waals surface area contributed by atoms with Crippen molar-refractivity contribution >= 4 is 21.7 Å². The zero-order valence-electron chi connectivity index (χ0n) is 8.45. The minimum absolute atomic E-state index is 0.0923. The fourth-order valence-corrected chi connectivity index (χ4v) is 2.18. The van der Waals surface area contributed by atoms with Crippen LogP contribution in [0, 0.1) is 0 Å². The fourth-order valence-electron chi connectivity index (χ4n) is 1.80. The number of anilines is 1. The highest BCUT2D eigenvalue weighted by Crippen LogP contribution is 2.26. The molecular formula is C10H14BrN3O. The highest BCUT2D eigenvalue weighted by atomic mass is 79.9. The number of rotatable bonds is 4. The number of H-pyrrole nitrogens is 1. The molecule has 4 nitrogen and oxygen atoms in total. The number of aromatic nitrogens is 2. The van der Waals surface area contributed by atoms with Gasteiger partial charge in [-0.1, -0.05) is 15.9 Å². The van der Waals surface area contributed by atoms with Crippen LogP contribution in [0.3, 0.4) is 0 Å². The highest BCUT2D eigenvalue weighted by Gasteiger charge is 2.26. The van der Waals surface area contributed by atoms with Crippen LogP contribution in [0.25, 0.3) is 0 Å². The third kappa shape index (κ3) is 2.22. The van der Waals surface area contributed by atoms with E-state index in [1.165, 1.54) is 19.3 Å². The van der Waals surface area contributed by atoms with Crippen LogP contribution in [0.15, 0.2) is 17.2 Å². The van der Waals surface area contributed by atoms with Crippen LogP contribution in [-0.2, 0) is 0 Å². The lowest BCUT2D eigenvalue weighted by atomic mass is 9.91. The van der Waals surface area contributed by atoms with Gasteiger partial charge >= 0.3 is 0 Å². The molecular weight excluding hydrogens is 258 g/mol. The Morgan fingerprint density at radius 1 is 1.60 bits per heavy atom. The van der Waals surface area contributed by atoms with Gasteiger partial charge in [-0.15, -0.1) is 0 Å². The molecule has 0 atom stereocenters. The normalized spacial score (nSPS) is 16.1. The number of aromatic amines is 1. The van der Waals surface area contributed by atoms with Crippen molar-refractivity contribution < 1.29 is 0 Å². The second kappa shape index (κ2) is 4.79. The number of hydrogen-bond donors (Lipinski definition) is 1. The molecule has 15 heavy (non-hydrogen) atoms.